The number of rotatable bonds is 3. The molecule has 3 nitrogen and oxygen atoms in total. The van der Waals surface area contributed by atoms with Crippen molar-refractivity contribution in [2.45, 2.75) is 26.0 Å². The van der Waals surface area contributed by atoms with Gasteiger partial charge in [0.2, 0.25) is 0 Å². The highest BCUT2D eigenvalue weighted by atomic mass is 79.9. The Morgan fingerprint density at radius 2 is 2.25 bits per heavy atom. The minimum atomic E-state index is 0.0595. The minimum absolute atomic E-state index is 0.0595. The first-order valence-corrected chi connectivity index (χ1v) is 6.32. The van der Waals surface area contributed by atoms with E-state index in [0.717, 1.165) is 33.4 Å². The summed E-state index contributed by atoms with van der Waals surface area (Å²) in [5.41, 5.74) is 1.86. The molecule has 0 spiro atoms. The van der Waals surface area contributed by atoms with Gasteiger partial charge in [0.15, 0.2) is 0 Å². The molecule has 0 amide bonds. The smallest absolute Gasteiger partial charge is 0.0938 e. The summed E-state index contributed by atoms with van der Waals surface area (Å²) in [6.07, 6.45) is 4.75. The largest absolute Gasteiger partial charge is 0.392 e. The van der Waals surface area contributed by atoms with Crippen LogP contribution in [0.1, 0.15) is 18.4 Å². The molecule has 1 heterocycles. The Morgan fingerprint density at radius 3 is 2.94 bits per heavy atom. The standard InChI is InChI=1S/C12H13BrN2O/c13-11-3-9(7-16)4-12-10(11)6-15(14-12)5-8-1-2-8/h3-4,6,8,16H,1-2,5,7H2. The van der Waals surface area contributed by atoms with E-state index in [0.29, 0.717) is 0 Å². The van der Waals surface area contributed by atoms with Crippen LogP contribution < -0.4 is 0 Å². The van der Waals surface area contributed by atoms with Crippen LogP contribution in [0.5, 0.6) is 0 Å². The summed E-state index contributed by atoms with van der Waals surface area (Å²) in [4.78, 5) is 0. The maximum atomic E-state index is 9.13. The van der Waals surface area contributed by atoms with Crippen LogP contribution in [0.2, 0.25) is 0 Å². The first-order valence-electron chi connectivity index (χ1n) is 5.52. The van der Waals surface area contributed by atoms with Crippen LogP contribution in [0.25, 0.3) is 10.9 Å². The third-order valence-corrected chi connectivity index (χ3v) is 3.66. The van der Waals surface area contributed by atoms with E-state index in [4.69, 9.17) is 5.11 Å². The summed E-state index contributed by atoms with van der Waals surface area (Å²) in [6.45, 7) is 1.08. The number of aromatic nitrogens is 2. The molecule has 3 rings (SSSR count). The summed E-state index contributed by atoms with van der Waals surface area (Å²) in [6, 6.07) is 3.90. The molecule has 1 saturated carbocycles. The third-order valence-electron chi connectivity index (χ3n) is 3.01. The lowest BCUT2D eigenvalue weighted by molar-refractivity contribution is 0.282. The highest BCUT2D eigenvalue weighted by Gasteiger charge is 2.22. The molecule has 4 heteroatoms. The average Bonchev–Trinajstić information content (AvgIpc) is 2.96. The highest BCUT2D eigenvalue weighted by molar-refractivity contribution is 9.10. The second kappa shape index (κ2) is 3.86. The summed E-state index contributed by atoms with van der Waals surface area (Å²) < 4.78 is 3.03. The van der Waals surface area contributed by atoms with Gasteiger partial charge in [-0.1, -0.05) is 15.9 Å². The third kappa shape index (κ3) is 1.87. The van der Waals surface area contributed by atoms with E-state index >= 15 is 0 Å². The Morgan fingerprint density at radius 1 is 1.44 bits per heavy atom. The Balaban J connectivity index is 2.04. The molecule has 0 atom stereocenters. The van der Waals surface area contributed by atoms with Crippen molar-refractivity contribution in [2.75, 3.05) is 0 Å². The molecule has 1 aromatic carbocycles. The van der Waals surface area contributed by atoms with E-state index in [2.05, 4.69) is 27.2 Å². The van der Waals surface area contributed by atoms with Crippen molar-refractivity contribution in [3.63, 3.8) is 0 Å². The monoisotopic (exact) mass is 280 g/mol. The van der Waals surface area contributed by atoms with E-state index in [1.54, 1.807) is 0 Å². The van der Waals surface area contributed by atoms with Crippen molar-refractivity contribution >= 4 is 26.8 Å². The van der Waals surface area contributed by atoms with Crippen molar-refractivity contribution < 1.29 is 5.11 Å². The molecule has 1 N–H and O–H groups in total. The van der Waals surface area contributed by atoms with Crippen LogP contribution in [-0.4, -0.2) is 14.9 Å². The molecule has 0 bridgehead atoms. The Labute approximate surface area is 102 Å². The van der Waals surface area contributed by atoms with Gasteiger partial charge in [0, 0.05) is 22.6 Å². The van der Waals surface area contributed by atoms with E-state index in [1.165, 1.54) is 12.8 Å². The van der Waals surface area contributed by atoms with Crippen molar-refractivity contribution in [3.05, 3.63) is 28.4 Å². The first kappa shape index (κ1) is 10.3. The molecule has 1 aliphatic rings. The maximum absolute atomic E-state index is 9.13. The van der Waals surface area contributed by atoms with Gasteiger partial charge in [-0.05, 0) is 36.5 Å². The van der Waals surface area contributed by atoms with Gasteiger partial charge in [-0.2, -0.15) is 5.10 Å². The van der Waals surface area contributed by atoms with E-state index < -0.39 is 0 Å². The number of hydrogen-bond acceptors (Lipinski definition) is 2. The fraction of sp³-hybridized carbons (Fsp3) is 0.417. The minimum Gasteiger partial charge on any atom is -0.392 e. The molecule has 16 heavy (non-hydrogen) atoms. The zero-order valence-electron chi connectivity index (χ0n) is 8.86. The second-order valence-corrected chi connectivity index (χ2v) is 5.32. The van der Waals surface area contributed by atoms with Gasteiger partial charge in [-0.25, -0.2) is 0 Å². The number of hydrogen-bond donors (Lipinski definition) is 1. The summed E-state index contributed by atoms with van der Waals surface area (Å²) in [5, 5.41) is 14.8. The Kier molecular flexibility index (Phi) is 2.48. The van der Waals surface area contributed by atoms with Crippen LogP contribution in [0.3, 0.4) is 0 Å². The first-order chi connectivity index (χ1) is 7.76. The van der Waals surface area contributed by atoms with Crippen LogP contribution in [0.4, 0.5) is 0 Å². The van der Waals surface area contributed by atoms with Crippen molar-refractivity contribution in [1.82, 2.24) is 9.78 Å². The lowest BCUT2D eigenvalue weighted by Gasteiger charge is -1.97. The number of aliphatic hydroxyl groups excluding tert-OH is 1. The zero-order chi connectivity index (χ0) is 11.1. The molecule has 1 fully saturated rings. The number of benzene rings is 1. The number of halogens is 1. The molecule has 0 aliphatic heterocycles. The number of nitrogens with zero attached hydrogens (tertiary/aromatic N) is 2. The van der Waals surface area contributed by atoms with Gasteiger partial charge in [-0.15, -0.1) is 0 Å². The highest BCUT2D eigenvalue weighted by Crippen LogP contribution is 2.31. The number of fused-ring (bicyclic) bond motifs is 1. The topological polar surface area (TPSA) is 38.0 Å². The van der Waals surface area contributed by atoms with Gasteiger partial charge >= 0.3 is 0 Å². The quantitative estimate of drug-likeness (QED) is 0.939. The molecule has 0 saturated heterocycles. The lowest BCUT2D eigenvalue weighted by Crippen LogP contribution is -1.99. The molecular weight excluding hydrogens is 268 g/mol. The SMILES string of the molecule is OCc1cc(Br)c2cn(CC3CC3)nc2c1. The molecule has 84 valence electrons. The van der Waals surface area contributed by atoms with Crippen LogP contribution >= 0.6 is 15.9 Å². The lowest BCUT2D eigenvalue weighted by atomic mass is 10.2. The van der Waals surface area contributed by atoms with Crippen LogP contribution in [0.15, 0.2) is 22.8 Å². The average molecular weight is 281 g/mol. The summed E-state index contributed by atoms with van der Waals surface area (Å²) in [7, 11) is 0. The van der Waals surface area contributed by atoms with Crippen molar-refractivity contribution in [1.29, 1.82) is 0 Å². The van der Waals surface area contributed by atoms with Gasteiger partial charge in [0.1, 0.15) is 0 Å². The second-order valence-electron chi connectivity index (χ2n) is 4.46. The van der Waals surface area contributed by atoms with Gasteiger partial charge in [0.25, 0.3) is 0 Å². The molecule has 0 radical (unpaired) electrons. The predicted octanol–water partition coefficient (Wildman–Crippen LogP) is 2.70. The maximum Gasteiger partial charge on any atom is 0.0938 e. The van der Waals surface area contributed by atoms with Crippen LogP contribution in [0, 0.1) is 5.92 Å². The Bertz CT molecular complexity index is 531. The normalized spacial score (nSPS) is 15.9. The fourth-order valence-corrected chi connectivity index (χ4v) is 2.53. The van der Waals surface area contributed by atoms with E-state index in [9.17, 15) is 0 Å². The summed E-state index contributed by atoms with van der Waals surface area (Å²) in [5.74, 6) is 0.824. The van der Waals surface area contributed by atoms with E-state index in [-0.39, 0.29) is 6.61 Å². The van der Waals surface area contributed by atoms with Gasteiger partial charge in [0.05, 0.1) is 12.1 Å². The molecule has 0 unspecified atom stereocenters. The summed E-state index contributed by atoms with van der Waals surface area (Å²) >= 11 is 3.52. The molecule has 1 aromatic heterocycles. The molecule has 1 aliphatic carbocycles. The molecular formula is C12H13BrN2O. The van der Waals surface area contributed by atoms with Gasteiger partial charge in [-0.3, -0.25) is 4.68 Å². The predicted molar refractivity (Wildman–Crippen MR) is 66.1 cm³/mol. The van der Waals surface area contributed by atoms with Crippen molar-refractivity contribution in [3.8, 4) is 0 Å². The molecule has 2 aromatic rings. The number of aliphatic hydroxyl groups is 1. The van der Waals surface area contributed by atoms with Crippen molar-refractivity contribution in [2.24, 2.45) is 5.92 Å². The zero-order valence-corrected chi connectivity index (χ0v) is 10.4. The van der Waals surface area contributed by atoms with E-state index in [1.807, 2.05) is 16.8 Å². The Hall–Kier alpha value is -0.870. The van der Waals surface area contributed by atoms with Gasteiger partial charge < -0.3 is 5.11 Å². The fourth-order valence-electron chi connectivity index (χ4n) is 1.93. The van der Waals surface area contributed by atoms with Crippen LogP contribution in [-0.2, 0) is 13.2 Å².